The van der Waals surface area contributed by atoms with E-state index < -0.39 is 21.7 Å². The minimum absolute atomic E-state index is 0.0310. The molecule has 6 nitrogen and oxygen atoms in total. The number of nitrogens with one attached hydrogen (secondary N) is 1. The number of amides is 1. The number of hydrogen-bond donors (Lipinski definition) is 1. The van der Waals surface area contributed by atoms with E-state index in [1.807, 2.05) is 41.3 Å². The highest BCUT2D eigenvalue weighted by atomic mass is 32.2. The molecule has 0 aliphatic heterocycles. The number of hydrogen-bond acceptors (Lipinski definition) is 6. The molecule has 1 heterocycles. The number of thiazole rings is 1. The second-order valence-corrected chi connectivity index (χ2v) is 11.3. The predicted octanol–water partition coefficient (Wildman–Crippen LogP) is 5.29. The standard InChI is InChI=1S/C23H24N2O4S2/c1-23(2,3)29-22(26)25-31(27,28)17-11-9-15(10-12-17)18-13-19(18)20-14-24-21(30-20)16-7-5-4-6-8-16/h4-12,14,18-19H,13H2,1-3H3,(H,25,26)/t18-,19+/m0/s1. The molecule has 1 fully saturated rings. The molecule has 2 atom stereocenters. The number of nitrogens with zero attached hydrogens (tertiary/aromatic N) is 1. The van der Waals surface area contributed by atoms with Crippen molar-refractivity contribution >= 4 is 27.5 Å². The molecule has 0 saturated heterocycles. The molecule has 1 aliphatic carbocycles. The molecule has 0 unspecified atom stereocenters. The maximum Gasteiger partial charge on any atom is 0.421 e. The van der Waals surface area contributed by atoms with E-state index in [-0.39, 0.29) is 4.90 Å². The Balaban J connectivity index is 1.42. The monoisotopic (exact) mass is 456 g/mol. The fourth-order valence-electron chi connectivity index (χ4n) is 3.41. The Kier molecular flexibility index (Phi) is 5.61. The van der Waals surface area contributed by atoms with Crippen molar-refractivity contribution < 1.29 is 17.9 Å². The first-order chi connectivity index (χ1) is 14.6. The summed E-state index contributed by atoms with van der Waals surface area (Å²) in [6.07, 6.45) is 1.97. The van der Waals surface area contributed by atoms with Gasteiger partial charge in [0, 0.05) is 22.6 Å². The van der Waals surface area contributed by atoms with Gasteiger partial charge >= 0.3 is 6.09 Å². The number of benzene rings is 2. The van der Waals surface area contributed by atoms with Crippen molar-refractivity contribution in [3.8, 4) is 10.6 Å². The molecule has 8 heteroatoms. The van der Waals surface area contributed by atoms with Gasteiger partial charge in [0.15, 0.2) is 0 Å². The zero-order valence-electron chi connectivity index (χ0n) is 17.5. The number of rotatable bonds is 5. The highest BCUT2D eigenvalue weighted by Crippen LogP contribution is 2.56. The van der Waals surface area contributed by atoms with Crippen molar-refractivity contribution in [2.24, 2.45) is 0 Å². The first-order valence-electron chi connectivity index (χ1n) is 9.99. The van der Waals surface area contributed by atoms with Crippen molar-refractivity contribution in [3.05, 3.63) is 71.2 Å². The quantitative estimate of drug-likeness (QED) is 0.563. The first-order valence-corrected chi connectivity index (χ1v) is 12.3. The summed E-state index contributed by atoms with van der Waals surface area (Å²) in [5, 5.41) is 1.01. The van der Waals surface area contributed by atoms with E-state index in [1.54, 1.807) is 32.1 Å². The SMILES string of the molecule is CC(C)(C)OC(=O)NS(=O)(=O)c1ccc([C@@H]2C[C@H]2c2cnc(-c3ccccc3)s2)cc1. The van der Waals surface area contributed by atoms with Crippen molar-refractivity contribution in [2.45, 2.75) is 49.5 Å². The Bertz CT molecular complexity index is 1180. The molecule has 2 aromatic carbocycles. The van der Waals surface area contributed by atoms with E-state index >= 15 is 0 Å². The number of aromatic nitrogens is 1. The molecule has 1 saturated carbocycles. The van der Waals surface area contributed by atoms with E-state index in [0.29, 0.717) is 11.8 Å². The van der Waals surface area contributed by atoms with Crippen LogP contribution in [0.2, 0.25) is 0 Å². The van der Waals surface area contributed by atoms with Crippen LogP contribution in [0.3, 0.4) is 0 Å². The predicted molar refractivity (Wildman–Crippen MR) is 121 cm³/mol. The second-order valence-electron chi connectivity index (χ2n) is 8.56. The Labute approximate surface area is 186 Å². The van der Waals surface area contributed by atoms with Crippen LogP contribution in [0.1, 0.15) is 49.5 Å². The van der Waals surface area contributed by atoms with Crippen molar-refractivity contribution in [1.29, 1.82) is 0 Å². The Morgan fingerprint density at radius 3 is 2.39 bits per heavy atom. The van der Waals surface area contributed by atoms with E-state index in [0.717, 1.165) is 22.6 Å². The summed E-state index contributed by atoms with van der Waals surface area (Å²) in [5.74, 6) is 0.747. The van der Waals surface area contributed by atoms with Gasteiger partial charge in [-0.3, -0.25) is 0 Å². The van der Waals surface area contributed by atoms with Gasteiger partial charge in [-0.05, 0) is 50.8 Å². The normalized spacial score (nSPS) is 18.4. The summed E-state index contributed by atoms with van der Waals surface area (Å²) in [6.45, 7) is 5.02. The molecule has 1 aliphatic rings. The van der Waals surface area contributed by atoms with E-state index in [1.165, 1.54) is 17.0 Å². The summed E-state index contributed by atoms with van der Waals surface area (Å²) in [6, 6.07) is 16.8. The second kappa shape index (κ2) is 8.09. The van der Waals surface area contributed by atoms with Crippen LogP contribution in [0.5, 0.6) is 0 Å². The molecular weight excluding hydrogens is 432 g/mol. The van der Waals surface area contributed by atoms with Crippen LogP contribution in [0.4, 0.5) is 4.79 Å². The lowest BCUT2D eigenvalue weighted by Gasteiger charge is -2.19. The number of sulfonamides is 1. The molecule has 0 radical (unpaired) electrons. The van der Waals surface area contributed by atoms with Crippen LogP contribution in [0.15, 0.2) is 65.7 Å². The van der Waals surface area contributed by atoms with Crippen molar-refractivity contribution in [3.63, 3.8) is 0 Å². The average Bonchev–Trinajstić information content (AvgIpc) is 3.35. The zero-order valence-corrected chi connectivity index (χ0v) is 19.2. The van der Waals surface area contributed by atoms with E-state index in [9.17, 15) is 13.2 Å². The molecule has 1 N–H and O–H groups in total. The zero-order chi connectivity index (χ0) is 22.2. The lowest BCUT2D eigenvalue weighted by Crippen LogP contribution is -2.36. The first kappa shape index (κ1) is 21.5. The molecule has 1 aromatic heterocycles. The molecule has 31 heavy (non-hydrogen) atoms. The summed E-state index contributed by atoms with van der Waals surface area (Å²) in [5.41, 5.74) is 1.42. The summed E-state index contributed by atoms with van der Waals surface area (Å²) in [4.78, 5) is 17.7. The van der Waals surface area contributed by atoms with Crippen LogP contribution >= 0.6 is 11.3 Å². The largest absolute Gasteiger partial charge is 0.443 e. The van der Waals surface area contributed by atoms with Gasteiger partial charge in [-0.2, -0.15) is 0 Å². The molecule has 3 aromatic rings. The van der Waals surface area contributed by atoms with Gasteiger partial charge in [0.1, 0.15) is 10.6 Å². The molecule has 4 rings (SSSR count). The van der Waals surface area contributed by atoms with Crippen LogP contribution in [-0.4, -0.2) is 25.1 Å². The van der Waals surface area contributed by atoms with Gasteiger partial charge in [0.2, 0.25) is 0 Å². The van der Waals surface area contributed by atoms with Gasteiger partial charge in [0.05, 0.1) is 4.90 Å². The number of ether oxygens (including phenoxy) is 1. The minimum atomic E-state index is -3.98. The van der Waals surface area contributed by atoms with Gasteiger partial charge in [-0.25, -0.2) is 22.9 Å². The third-order valence-electron chi connectivity index (χ3n) is 4.94. The minimum Gasteiger partial charge on any atom is -0.443 e. The molecule has 0 bridgehead atoms. The van der Waals surface area contributed by atoms with Gasteiger partial charge in [-0.15, -0.1) is 11.3 Å². The molecular formula is C23H24N2O4S2. The summed E-state index contributed by atoms with van der Waals surface area (Å²) in [7, 11) is -3.98. The van der Waals surface area contributed by atoms with Crippen molar-refractivity contribution in [1.82, 2.24) is 9.71 Å². The third kappa shape index (κ3) is 5.14. The smallest absolute Gasteiger partial charge is 0.421 e. The van der Waals surface area contributed by atoms with Gasteiger partial charge < -0.3 is 4.74 Å². The van der Waals surface area contributed by atoms with Crippen LogP contribution in [-0.2, 0) is 14.8 Å². The lowest BCUT2D eigenvalue weighted by molar-refractivity contribution is 0.0570. The van der Waals surface area contributed by atoms with E-state index in [4.69, 9.17) is 4.74 Å². The average molecular weight is 457 g/mol. The van der Waals surface area contributed by atoms with Crippen LogP contribution in [0, 0.1) is 0 Å². The molecule has 1 amide bonds. The van der Waals surface area contributed by atoms with Crippen molar-refractivity contribution in [2.75, 3.05) is 0 Å². The maximum atomic E-state index is 12.4. The topological polar surface area (TPSA) is 85.4 Å². The van der Waals surface area contributed by atoms with E-state index in [2.05, 4.69) is 17.1 Å². The Hall–Kier alpha value is -2.71. The Morgan fingerprint density at radius 2 is 1.74 bits per heavy atom. The maximum absolute atomic E-state index is 12.4. The number of carbonyl (C=O) groups is 1. The summed E-state index contributed by atoms with van der Waals surface area (Å²) >= 11 is 1.71. The molecule has 162 valence electrons. The van der Waals surface area contributed by atoms with Crippen LogP contribution in [0.25, 0.3) is 10.6 Å². The fourth-order valence-corrected chi connectivity index (χ4v) is 5.38. The number of carbonyl (C=O) groups excluding carboxylic acids is 1. The third-order valence-corrected chi connectivity index (χ3v) is 7.44. The molecule has 0 spiro atoms. The highest BCUT2D eigenvalue weighted by molar-refractivity contribution is 7.90. The van der Waals surface area contributed by atoms with Gasteiger partial charge in [0.25, 0.3) is 10.0 Å². The van der Waals surface area contributed by atoms with Gasteiger partial charge in [-0.1, -0.05) is 42.5 Å². The lowest BCUT2D eigenvalue weighted by atomic mass is 10.1. The summed E-state index contributed by atoms with van der Waals surface area (Å²) < 4.78 is 31.8. The highest BCUT2D eigenvalue weighted by Gasteiger charge is 2.41. The Morgan fingerprint density at radius 1 is 1.06 bits per heavy atom. The van der Waals surface area contributed by atoms with Crippen LogP contribution < -0.4 is 4.72 Å². The fraction of sp³-hybridized carbons (Fsp3) is 0.304.